The van der Waals surface area contributed by atoms with Crippen molar-refractivity contribution in [2.24, 2.45) is 0 Å². The van der Waals surface area contributed by atoms with E-state index in [1.165, 1.54) is 4.90 Å². The van der Waals surface area contributed by atoms with Crippen LogP contribution in [0.1, 0.15) is 18.4 Å². The number of nitrogens with zero attached hydrogens (tertiary/aromatic N) is 2. The Hall–Kier alpha value is -1.63. The highest BCUT2D eigenvalue weighted by molar-refractivity contribution is 5.76. The molecule has 0 saturated carbocycles. The van der Waals surface area contributed by atoms with Gasteiger partial charge in [-0.1, -0.05) is 0 Å². The van der Waals surface area contributed by atoms with Gasteiger partial charge in [0.2, 0.25) is 5.91 Å². The number of rotatable bonds is 5. The van der Waals surface area contributed by atoms with Gasteiger partial charge in [0.1, 0.15) is 0 Å². The highest BCUT2D eigenvalue weighted by Crippen LogP contribution is 2.20. The van der Waals surface area contributed by atoms with Crippen molar-refractivity contribution < 1.29 is 18.0 Å². The summed E-state index contributed by atoms with van der Waals surface area (Å²) in [6, 6.07) is 3.50. The number of aryl methyl sites for hydroxylation is 1. The van der Waals surface area contributed by atoms with Crippen molar-refractivity contribution in [1.29, 1.82) is 0 Å². The van der Waals surface area contributed by atoms with E-state index >= 15 is 0 Å². The van der Waals surface area contributed by atoms with Crippen LogP contribution in [0.3, 0.4) is 0 Å². The Bertz CT molecular complexity index is 464. The monoisotopic (exact) mass is 301 g/mol. The summed E-state index contributed by atoms with van der Waals surface area (Å²) < 4.78 is 36.8. The lowest BCUT2D eigenvalue weighted by Crippen LogP contribution is -2.39. The zero-order valence-corrected chi connectivity index (χ0v) is 11.6. The number of nitrogens with one attached hydrogen (secondary N) is 1. The van der Waals surface area contributed by atoms with Crippen LogP contribution in [0, 0.1) is 0 Å². The van der Waals surface area contributed by atoms with E-state index in [9.17, 15) is 18.0 Å². The first kappa shape index (κ1) is 15.8. The smallest absolute Gasteiger partial charge is 0.352 e. The first-order valence-corrected chi connectivity index (χ1v) is 6.90. The third-order valence-corrected chi connectivity index (χ3v) is 3.43. The van der Waals surface area contributed by atoms with Gasteiger partial charge in [-0.3, -0.25) is 14.7 Å². The number of carbonyl (C=O) groups is 1. The van der Waals surface area contributed by atoms with Crippen molar-refractivity contribution in [2.45, 2.75) is 31.5 Å². The summed E-state index contributed by atoms with van der Waals surface area (Å²) in [6.45, 7) is -0.272. The molecule has 1 aromatic heterocycles. The number of alkyl halides is 3. The predicted octanol–water partition coefficient (Wildman–Crippen LogP) is 1.77. The van der Waals surface area contributed by atoms with Gasteiger partial charge in [0.15, 0.2) is 0 Å². The number of carbonyl (C=O) groups excluding carboxylic acids is 1. The molecule has 0 spiro atoms. The molecule has 2 heterocycles. The lowest BCUT2D eigenvalue weighted by molar-refractivity contribution is -0.143. The number of hydrogen-bond donors (Lipinski definition) is 1. The summed E-state index contributed by atoms with van der Waals surface area (Å²) in [7, 11) is 0. The summed E-state index contributed by atoms with van der Waals surface area (Å²) >= 11 is 0. The molecule has 7 heteroatoms. The Balaban J connectivity index is 1.69. The molecule has 4 nitrogen and oxygen atoms in total. The number of aromatic nitrogens is 1. The van der Waals surface area contributed by atoms with Gasteiger partial charge in [-0.2, -0.15) is 13.2 Å². The Kier molecular flexibility index (Phi) is 5.17. The van der Waals surface area contributed by atoms with Gasteiger partial charge in [0, 0.05) is 37.9 Å². The molecule has 21 heavy (non-hydrogen) atoms. The quantitative estimate of drug-likeness (QED) is 0.901. The predicted molar refractivity (Wildman–Crippen MR) is 71.6 cm³/mol. The van der Waals surface area contributed by atoms with E-state index in [-0.39, 0.29) is 18.5 Å². The highest BCUT2D eigenvalue weighted by atomic mass is 19.4. The molecule has 2 rings (SSSR count). The highest BCUT2D eigenvalue weighted by Gasteiger charge is 2.34. The summed E-state index contributed by atoms with van der Waals surface area (Å²) in [5.41, 5.74) is 1.02. The summed E-state index contributed by atoms with van der Waals surface area (Å²) in [6.07, 6.45) is 0.656. The molecule has 0 radical (unpaired) electrons. The van der Waals surface area contributed by atoms with E-state index in [2.05, 4.69) is 10.3 Å². The molecule has 1 saturated heterocycles. The Morgan fingerprint density at radius 3 is 2.76 bits per heavy atom. The van der Waals surface area contributed by atoms with E-state index in [0.717, 1.165) is 5.56 Å². The van der Waals surface area contributed by atoms with E-state index in [0.29, 0.717) is 25.8 Å². The van der Waals surface area contributed by atoms with E-state index in [1.807, 2.05) is 12.1 Å². The first-order valence-electron chi connectivity index (χ1n) is 6.90. The summed E-state index contributed by atoms with van der Waals surface area (Å²) in [5.74, 6) is -0.120. The molecule has 0 aliphatic carbocycles. The number of pyridine rings is 1. The largest absolute Gasteiger partial charge is 0.401 e. The lowest BCUT2D eigenvalue weighted by Gasteiger charge is -2.18. The Morgan fingerprint density at radius 2 is 2.10 bits per heavy atom. The summed E-state index contributed by atoms with van der Waals surface area (Å²) in [5, 5.41) is 2.80. The van der Waals surface area contributed by atoms with Gasteiger partial charge in [0.25, 0.3) is 0 Å². The van der Waals surface area contributed by atoms with Crippen LogP contribution in [0.2, 0.25) is 0 Å². The van der Waals surface area contributed by atoms with E-state index in [4.69, 9.17) is 0 Å². The maximum atomic E-state index is 12.3. The third-order valence-electron chi connectivity index (χ3n) is 3.43. The normalized spacial score (nSPS) is 19.7. The number of hydrogen-bond acceptors (Lipinski definition) is 3. The van der Waals surface area contributed by atoms with Crippen LogP contribution in [-0.2, 0) is 11.2 Å². The lowest BCUT2D eigenvalue weighted by atomic mass is 10.1. The molecule has 0 unspecified atom stereocenters. The van der Waals surface area contributed by atoms with Crippen molar-refractivity contribution >= 4 is 5.91 Å². The van der Waals surface area contributed by atoms with E-state index < -0.39 is 12.7 Å². The van der Waals surface area contributed by atoms with Crippen molar-refractivity contribution in [1.82, 2.24) is 15.2 Å². The van der Waals surface area contributed by atoms with Crippen molar-refractivity contribution in [3.05, 3.63) is 30.1 Å². The molecule has 116 valence electrons. The number of halogens is 3. The molecule has 1 fully saturated rings. The molecule has 1 atom stereocenters. The summed E-state index contributed by atoms with van der Waals surface area (Å²) in [4.78, 5) is 17.0. The minimum absolute atomic E-state index is 0.120. The Morgan fingerprint density at radius 1 is 1.38 bits per heavy atom. The first-order chi connectivity index (χ1) is 9.92. The maximum Gasteiger partial charge on any atom is 0.401 e. The standard InChI is InChI=1S/C14H18F3N3O/c15-14(16,17)10-20-8-5-12(9-20)19-13(21)2-1-11-3-6-18-7-4-11/h3-4,6-7,12H,1-2,5,8-10H2,(H,19,21)/t12-/m0/s1. The molecule has 0 bridgehead atoms. The van der Waals surface area contributed by atoms with Crippen molar-refractivity contribution in [3.8, 4) is 0 Å². The van der Waals surface area contributed by atoms with Crippen LogP contribution in [-0.4, -0.2) is 47.6 Å². The molecule has 1 amide bonds. The SMILES string of the molecule is O=C(CCc1ccncc1)N[C@H]1CCN(CC(F)(F)F)C1. The van der Waals surface area contributed by atoms with Gasteiger partial charge in [-0.05, 0) is 30.5 Å². The van der Waals surface area contributed by atoms with Crippen LogP contribution in [0.15, 0.2) is 24.5 Å². The second-order valence-electron chi connectivity index (χ2n) is 5.26. The molecule has 1 aromatic rings. The van der Waals surface area contributed by atoms with Crippen molar-refractivity contribution in [2.75, 3.05) is 19.6 Å². The fourth-order valence-corrected chi connectivity index (χ4v) is 2.45. The zero-order valence-electron chi connectivity index (χ0n) is 11.6. The topological polar surface area (TPSA) is 45.2 Å². The van der Waals surface area contributed by atoms with Crippen LogP contribution < -0.4 is 5.32 Å². The van der Waals surface area contributed by atoms with Gasteiger partial charge in [0.05, 0.1) is 6.54 Å². The third kappa shape index (κ3) is 5.71. The van der Waals surface area contributed by atoms with Crippen molar-refractivity contribution in [3.63, 3.8) is 0 Å². The second-order valence-corrected chi connectivity index (χ2v) is 5.26. The minimum atomic E-state index is -4.18. The van der Waals surface area contributed by atoms with Gasteiger partial charge < -0.3 is 5.32 Å². The molecular formula is C14H18F3N3O. The molecular weight excluding hydrogens is 283 g/mol. The van der Waals surface area contributed by atoms with E-state index in [1.54, 1.807) is 12.4 Å². The zero-order chi connectivity index (χ0) is 15.3. The molecule has 1 N–H and O–H groups in total. The minimum Gasteiger partial charge on any atom is -0.352 e. The number of likely N-dealkylation sites (tertiary alicyclic amines) is 1. The van der Waals surface area contributed by atoms with Crippen LogP contribution >= 0.6 is 0 Å². The maximum absolute atomic E-state index is 12.3. The molecule has 1 aliphatic rings. The van der Waals surface area contributed by atoms with Gasteiger partial charge in [-0.15, -0.1) is 0 Å². The van der Waals surface area contributed by atoms with Gasteiger partial charge >= 0.3 is 6.18 Å². The Labute approximate surface area is 121 Å². The molecule has 0 aromatic carbocycles. The van der Waals surface area contributed by atoms with Crippen LogP contribution in [0.4, 0.5) is 13.2 Å². The average molecular weight is 301 g/mol. The average Bonchev–Trinajstić information content (AvgIpc) is 2.82. The van der Waals surface area contributed by atoms with Gasteiger partial charge in [-0.25, -0.2) is 0 Å². The van der Waals surface area contributed by atoms with Crippen LogP contribution in [0.25, 0.3) is 0 Å². The molecule has 1 aliphatic heterocycles. The second kappa shape index (κ2) is 6.89. The fraction of sp³-hybridized carbons (Fsp3) is 0.571. The fourth-order valence-electron chi connectivity index (χ4n) is 2.45. The van der Waals surface area contributed by atoms with Crippen LogP contribution in [0.5, 0.6) is 0 Å². The number of amides is 1.